The van der Waals surface area contributed by atoms with E-state index in [-0.39, 0.29) is 0 Å². The first-order valence-corrected chi connectivity index (χ1v) is 6.51. The molecule has 3 unspecified atom stereocenters. The summed E-state index contributed by atoms with van der Waals surface area (Å²) in [7, 11) is 0. The average Bonchev–Trinajstić information content (AvgIpc) is 1.96. The molecule has 0 aliphatic heterocycles. The van der Waals surface area contributed by atoms with Crippen molar-refractivity contribution in [2.45, 2.75) is 40.9 Å². The fourth-order valence-corrected chi connectivity index (χ4v) is 6.00. The molecule has 68 valence electrons. The lowest BCUT2D eigenvalue weighted by Gasteiger charge is -2.56. The summed E-state index contributed by atoms with van der Waals surface area (Å²) in [5, 5.41) is 0.532. The Balaban J connectivity index is 1.95. The van der Waals surface area contributed by atoms with Crippen LogP contribution in [-0.2, 0) is 0 Å². The van der Waals surface area contributed by atoms with Gasteiger partial charge in [-0.05, 0) is 49.9 Å². The lowest BCUT2D eigenvalue weighted by atomic mass is 9.56. The van der Waals surface area contributed by atoms with Crippen LogP contribution in [0.15, 0.2) is 0 Å². The molecule has 0 heterocycles. The monoisotopic (exact) mass is 296 g/mol. The van der Waals surface area contributed by atoms with E-state index in [0.717, 1.165) is 17.8 Å². The Kier molecular flexibility index (Phi) is 1.76. The summed E-state index contributed by atoms with van der Waals surface area (Å²) in [6.45, 7) is 0. The maximum Gasteiger partial charge on any atom is 0.0393 e. The van der Waals surface area contributed by atoms with Gasteiger partial charge >= 0.3 is 0 Å². The van der Waals surface area contributed by atoms with Crippen molar-refractivity contribution in [2.75, 3.05) is 0 Å². The summed E-state index contributed by atoms with van der Waals surface area (Å²) < 4.78 is 0.666. The van der Waals surface area contributed by atoms with Crippen LogP contribution in [0.3, 0.4) is 0 Å². The van der Waals surface area contributed by atoms with Crippen molar-refractivity contribution in [3.8, 4) is 0 Å². The van der Waals surface area contributed by atoms with E-state index in [9.17, 15) is 0 Å². The third kappa shape index (κ3) is 1.08. The lowest BCUT2D eigenvalue weighted by Crippen LogP contribution is -2.52. The molecule has 0 aromatic heterocycles. The van der Waals surface area contributed by atoms with Gasteiger partial charge in [0.05, 0.1) is 0 Å². The van der Waals surface area contributed by atoms with Crippen molar-refractivity contribution in [3.05, 3.63) is 0 Å². The molecule has 0 saturated heterocycles. The fraction of sp³-hybridized carbons (Fsp3) is 1.00. The highest BCUT2D eigenvalue weighted by atomic mass is 127. The van der Waals surface area contributed by atoms with Gasteiger partial charge in [0, 0.05) is 8.80 Å². The Bertz CT molecular complexity index is 200. The van der Waals surface area contributed by atoms with Crippen molar-refractivity contribution >= 4 is 34.2 Å². The van der Waals surface area contributed by atoms with E-state index in [1.54, 1.807) is 0 Å². The van der Waals surface area contributed by atoms with E-state index in [2.05, 4.69) is 22.6 Å². The molecule has 0 amide bonds. The molecule has 4 rings (SSSR count). The maximum atomic E-state index is 6.43. The van der Waals surface area contributed by atoms with E-state index >= 15 is 0 Å². The molecule has 4 saturated carbocycles. The fourth-order valence-electron chi connectivity index (χ4n) is 3.86. The first kappa shape index (κ1) is 8.34. The zero-order chi connectivity index (χ0) is 8.34. The predicted molar refractivity (Wildman–Crippen MR) is 59.9 cm³/mol. The van der Waals surface area contributed by atoms with Gasteiger partial charge < -0.3 is 0 Å². The molecular weight excluding hydrogens is 282 g/mol. The Morgan fingerprint density at radius 2 is 1.67 bits per heavy atom. The van der Waals surface area contributed by atoms with Crippen LogP contribution in [-0.4, -0.2) is 8.80 Å². The van der Waals surface area contributed by atoms with Crippen LogP contribution in [0, 0.1) is 17.8 Å². The van der Waals surface area contributed by atoms with E-state index in [1.165, 1.54) is 32.1 Å². The highest BCUT2D eigenvalue weighted by Crippen LogP contribution is 2.60. The van der Waals surface area contributed by atoms with Crippen molar-refractivity contribution in [3.63, 3.8) is 0 Å². The van der Waals surface area contributed by atoms with Gasteiger partial charge in [-0.3, -0.25) is 0 Å². The average molecular weight is 297 g/mol. The van der Waals surface area contributed by atoms with Crippen LogP contribution in [0.5, 0.6) is 0 Å². The smallest absolute Gasteiger partial charge is 0.0393 e. The summed E-state index contributed by atoms with van der Waals surface area (Å²) in [6, 6.07) is 0. The molecule has 0 aromatic carbocycles. The molecular formula is C10H14ClI. The van der Waals surface area contributed by atoms with Crippen LogP contribution in [0.1, 0.15) is 32.1 Å². The molecule has 0 nitrogen and oxygen atoms in total. The van der Waals surface area contributed by atoms with Crippen molar-refractivity contribution in [1.82, 2.24) is 0 Å². The zero-order valence-electron chi connectivity index (χ0n) is 7.10. The van der Waals surface area contributed by atoms with Gasteiger partial charge in [0.1, 0.15) is 0 Å². The third-order valence-corrected chi connectivity index (χ3v) is 6.12. The molecule has 0 spiro atoms. The first-order chi connectivity index (χ1) is 5.66. The molecule has 2 heteroatoms. The summed E-state index contributed by atoms with van der Waals surface area (Å²) >= 11 is 9.15. The highest BCUT2D eigenvalue weighted by Gasteiger charge is 2.53. The normalized spacial score (nSPS) is 62.5. The van der Waals surface area contributed by atoms with Gasteiger partial charge in [-0.25, -0.2) is 0 Å². The number of halogens is 2. The molecule has 4 fully saturated rings. The minimum atomic E-state index is 0.532. The molecule has 0 N–H and O–H groups in total. The standard InChI is InChI=1S/C10H14ClI/c11-9-7-1-6-2-8(9)5-10(12,3-6)4-7/h6-9H,1-5H2/t6?,7-,8+,9?,10?. The Morgan fingerprint density at radius 1 is 1.08 bits per heavy atom. The zero-order valence-corrected chi connectivity index (χ0v) is 10.0. The van der Waals surface area contributed by atoms with Crippen LogP contribution in [0.25, 0.3) is 0 Å². The second-order valence-corrected chi connectivity index (χ2v) is 7.86. The summed E-state index contributed by atoms with van der Waals surface area (Å²) in [6.07, 6.45) is 7.19. The van der Waals surface area contributed by atoms with E-state index in [0.29, 0.717) is 8.80 Å². The van der Waals surface area contributed by atoms with Crippen molar-refractivity contribution < 1.29 is 0 Å². The summed E-state index contributed by atoms with van der Waals surface area (Å²) in [5.41, 5.74) is 0. The molecule has 4 aliphatic carbocycles. The molecule has 0 radical (unpaired) electrons. The van der Waals surface area contributed by atoms with Crippen LogP contribution in [0.2, 0.25) is 0 Å². The van der Waals surface area contributed by atoms with Crippen LogP contribution < -0.4 is 0 Å². The summed E-state index contributed by atoms with van der Waals surface area (Å²) in [4.78, 5) is 0. The summed E-state index contributed by atoms with van der Waals surface area (Å²) in [5.74, 6) is 2.78. The molecule has 4 bridgehead atoms. The third-order valence-electron chi connectivity index (χ3n) is 4.08. The van der Waals surface area contributed by atoms with Gasteiger partial charge in [0.15, 0.2) is 0 Å². The van der Waals surface area contributed by atoms with Gasteiger partial charge in [0.2, 0.25) is 0 Å². The van der Waals surface area contributed by atoms with Crippen molar-refractivity contribution in [2.24, 2.45) is 17.8 Å². The van der Waals surface area contributed by atoms with E-state index < -0.39 is 0 Å². The minimum absolute atomic E-state index is 0.532. The van der Waals surface area contributed by atoms with Gasteiger partial charge in [-0.1, -0.05) is 22.6 Å². The second-order valence-electron chi connectivity index (χ2n) is 5.07. The number of hydrogen-bond acceptors (Lipinski definition) is 0. The minimum Gasteiger partial charge on any atom is -0.122 e. The van der Waals surface area contributed by atoms with Gasteiger partial charge in [0.25, 0.3) is 0 Å². The maximum absolute atomic E-state index is 6.43. The lowest BCUT2D eigenvalue weighted by molar-refractivity contribution is 0.0504. The number of alkyl halides is 2. The Hall–Kier alpha value is 1.02. The quantitative estimate of drug-likeness (QED) is 0.473. The molecule has 12 heavy (non-hydrogen) atoms. The molecule has 0 aromatic rings. The van der Waals surface area contributed by atoms with Crippen LogP contribution in [0.4, 0.5) is 0 Å². The molecule has 5 atom stereocenters. The number of rotatable bonds is 0. The Labute approximate surface area is 92.6 Å². The predicted octanol–water partition coefficient (Wildman–Crippen LogP) is 3.61. The van der Waals surface area contributed by atoms with Crippen molar-refractivity contribution in [1.29, 1.82) is 0 Å². The highest BCUT2D eigenvalue weighted by molar-refractivity contribution is 14.1. The first-order valence-electron chi connectivity index (χ1n) is 4.99. The van der Waals surface area contributed by atoms with E-state index in [1.807, 2.05) is 0 Å². The topological polar surface area (TPSA) is 0 Å². The Morgan fingerprint density at radius 3 is 2.17 bits per heavy atom. The number of hydrogen-bond donors (Lipinski definition) is 0. The largest absolute Gasteiger partial charge is 0.122 e. The second kappa shape index (κ2) is 2.53. The van der Waals surface area contributed by atoms with E-state index in [4.69, 9.17) is 11.6 Å². The van der Waals surface area contributed by atoms with Gasteiger partial charge in [-0.15, -0.1) is 11.6 Å². The van der Waals surface area contributed by atoms with Crippen LogP contribution >= 0.6 is 34.2 Å². The van der Waals surface area contributed by atoms with Gasteiger partial charge in [-0.2, -0.15) is 0 Å². The SMILES string of the molecule is ClC1[C@@H]2CC3C[C@H]1CC(I)(C3)C2. The molecule has 4 aliphatic rings.